The van der Waals surface area contributed by atoms with E-state index in [1.165, 1.54) is 0 Å². The molecule has 0 radical (unpaired) electrons. The first-order valence-electron chi connectivity index (χ1n) is 5.31. The number of benzene rings is 1. The van der Waals surface area contributed by atoms with Gasteiger partial charge in [0.05, 0.1) is 5.56 Å². The summed E-state index contributed by atoms with van der Waals surface area (Å²) in [6.07, 6.45) is 1.51. The standard InChI is InChI=1S/C12H16O2Si/c1-15(2,3)14-11-6-4-5-9-7-8-10(13)12(9)11/h4-6H,7-8H2,1-3H3. The predicted molar refractivity (Wildman–Crippen MR) is 63.1 cm³/mol. The second-order valence-corrected chi connectivity index (χ2v) is 9.36. The molecule has 0 N–H and O–H groups in total. The van der Waals surface area contributed by atoms with Crippen molar-refractivity contribution in [3.05, 3.63) is 29.3 Å². The molecule has 0 aromatic heterocycles. The zero-order valence-corrected chi connectivity index (χ0v) is 10.5. The van der Waals surface area contributed by atoms with E-state index in [9.17, 15) is 4.79 Å². The zero-order chi connectivity index (χ0) is 11.1. The van der Waals surface area contributed by atoms with E-state index >= 15 is 0 Å². The Labute approximate surface area is 91.4 Å². The van der Waals surface area contributed by atoms with Crippen molar-refractivity contribution in [3.8, 4) is 5.75 Å². The Morgan fingerprint density at radius 3 is 2.60 bits per heavy atom. The van der Waals surface area contributed by atoms with Crippen LogP contribution in [0.1, 0.15) is 22.3 Å². The van der Waals surface area contributed by atoms with Gasteiger partial charge in [-0.25, -0.2) is 0 Å². The first kappa shape index (κ1) is 10.4. The lowest BCUT2D eigenvalue weighted by Gasteiger charge is -2.20. The fraction of sp³-hybridized carbons (Fsp3) is 0.417. The molecule has 1 aliphatic rings. The van der Waals surface area contributed by atoms with E-state index in [0.29, 0.717) is 6.42 Å². The Kier molecular flexibility index (Phi) is 2.42. The van der Waals surface area contributed by atoms with Crippen LogP contribution in [0.5, 0.6) is 5.75 Å². The molecule has 0 spiro atoms. The molecule has 0 saturated carbocycles. The van der Waals surface area contributed by atoms with Gasteiger partial charge in [0.2, 0.25) is 8.32 Å². The predicted octanol–water partition coefficient (Wildman–Crippen LogP) is 3.03. The third-order valence-corrected chi connectivity index (χ3v) is 3.26. The van der Waals surface area contributed by atoms with Gasteiger partial charge in [0.25, 0.3) is 0 Å². The molecular formula is C12H16O2Si. The van der Waals surface area contributed by atoms with E-state index in [1.54, 1.807) is 0 Å². The van der Waals surface area contributed by atoms with E-state index in [4.69, 9.17) is 4.43 Å². The minimum atomic E-state index is -1.62. The Balaban J connectivity index is 2.41. The molecule has 0 unspecified atom stereocenters. The molecule has 0 heterocycles. The van der Waals surface area contributed by atoms with Crippen molar-refractivity contribution in [2.75, 3.05) is 0 Å². The van der Waals surface area contributed by atoms with Gasteiger partial charge in [0, 0.05) is 6.42 Å². The van der Waals surface area contributed by atoms with Gasteiger partial charge in [0.1, 0.15) is 5.75 Å². The summed E-state index contributed by atoms with van der Waals surface area (Å²) in [6, 6.07) is 5.92. The Bertz CT molecular complexity index is 405. The third-order valence-electron chi connectivity index (χ3n) is 2.43. The number of carbonyl (C=O) groups is 1. The van der Waals surface area contributed by atoms with Crippen molar-refractivity contribution in [1.29, 1.82) is 0 Å². The van der Waals surface area contributed by atoms with Crippen LogP contribution in [0.3, 0.4) is 0 Å². The lowest BCUT2D eigenvalue weighted by atomic mass is 10.1. The number of fused-ring (bicyclic) bond motifs is 1. The Morgan fingerprint density at radius 2 is 1.93 bits per heavy atom. The van der Waals surface area contributed by atoms with Crippen molar-refractivity contribution in [2.24, 2.45) is 0 Å². The largest absolute Gasteiger partial charge is 0.544 e. The van der Waals surface area contributed by atoms with Crippen LogP contribution in [0.25, 0.3) is 0 Å². The highest BCUT2D eigenvalue weighted by Gasteiger charge is 2.26. The van der Waals surface area contributed by atoms with Crippen LogP contribution in [-0.2, 0) is 6.42 Å². The average molecular weight is 220 g/mol. The van der Waals surface area contributed by atoms with Gasteiger partial charge in [-0.15, -0.1) is 0 Å². The second kappa shape index (κ2) is 3.49. The molecule has 2 rings (SSSR count). The van der Waals surface area contributed by atoms with Crippen LogP contribution in [0, 0.1) is 0 Å². The quantitative estimate of drug-likeness (QED) is 0.716. The molecule has 3 heteroatoms. The fourth-order valence-electron chi connectivity index (χ4n) is 1.89. The Hall–Kier alpha value is -1.09. The first-order valence-corrected chi connectivity index (χ1v) is 8.72. The van der Waals surface area contributed by atoms with E-state index in [-0.39, 0.29) is 5.78 Å². The van der Waals surface area contributed by atoms with Gasteiger partial charge in [-0.2, -0.15) is 0 Å². The van der Waals surface area contributed by atoms with Gasteiger partial charge in [-0.1, -0.05) is 12.1 Å². The summed E-state index contributed by atoms with van der Waals surface area (Å²) >= 11 is 0. The van der Waals surface area contributed by atoms with Gasteiger partial charge in [-0.05, 0) is 37.7 Å². The van der Waals surface area contributed by atoms with E-state index < -0.39 is 8.32 Å². The average Bonchev–Trinajstić information content (AvgIpc) is 2.46. The lowest BCUT2D eigenvalue weighted by Crippen LogP contribution is -2.30. The van der Waals surface area contributed by atoms with Crippen LogP contribution in [0.4, 0.5) is 0 Å². The van der Waals surface area contributed by atoms with E-state index in [0.717, 1.165) is 23.3 Å². The molecule has 15 heavy (non-hydrogen) atoms. The summed E-state index contributed by atoms with van der Waals surface area (Å²) in [4.78, 5) is 11.7. The molecule has 0 aliphatic heterocycles. The van der Waals surface area contributed by atoms with Crippen molar-refractivity contribution >= 4 is 14.1 Å². The third kappa shape index (κ3) is 2.12. The molecule has 0 amide bonds. The fourth-order valence-corrected chi connectivity index (χ4v) is 2.72. The van der Waals surface area contributed by atoms with Crippen molar-refractivity contribution < 1.29 is 9.22 Å². The lowest BCUT2D eigenvalue weighted by molar-refractivity contribution is 0.0993. The minimum Gasteiger partial charge on any atom is -0.544 e. The van der Waals surface area contributed by atoms with Crippen LogP contribution in [-0.4, -0.2) is 14.1 Å². The van der Waals surface area contributed by atoms with Gasteiger partial charge in [0.15, 0.2) is 5.78 Å². The number of hydrogen-bond acceptors (Lipinski definition) is 2. The van der Waals surface area contributed by atoms with Crippen LogP contribution >= 0.6 is 0 Å². The van der Waals surface area contributed by atoms with Gasteiger partial charge < -0.3 is 4.43 Å². The summed E-state index contributed by atoms with van der Waals surface area (Å²) in [5.74, 6) is 1.04. The van der Waals surface area contributed by atoms with Crippen LogP contribution in [0.15, 0.2) is 18.2 Å². The summed E-state index contributed by atoms with van der Waals surface area (Å²) in [5.41, 5.74) is 1.98. The second-order valence-electron chi connectivity index (χ2n) is 4.93. The van der Waals surface area contributed by atoms with Crippen LogP contribution < -0.4 is 4.43 Å². The molecule has 1 aromatic carbocycles. The molecule has 80 valence electrons. The smallest absolute Gasteiger partial charge is 0.242 e. The maximum Gasteiger partial charge on any atom is 0.242 e. The number of rotatable bonds is 2. The van der Waals surface area contributed by atoms with Crippen molar-refractivity contribution in [1.82, 2.24) is 0 Å². The number of aryl methyl sites for hydroxylation is 1. The monoisotopic (exact) mass is 220 g/mol. The number of hydrogen-bond donors (Lipinski definition) is 0. The highest BCUT2D eigenvalue weighted by Crippen LogP contribution is 2.31. The summed E-state index contributed by atoms with van der Waals surface area (Å²) in [7, 11) is -1.62. The van der Waals surface area contributed by atoms with Gasteiger partial charge >= 0.3 is 0 Å². The Morgan fingerprint density at radius 1 is 1.20 bits per heavy atom. The number of carbonyl (C=O) groups excluding carboxylic acids is 1. The normalized spacial score (nSPS) is 15.3. The van der Waals surface area contributed by atoms with Crippen LogP contribution in [0.2, 0.25) is 19.6 Å². The molecule has 0 saturated heterocycles. The maximum atomic E-state index is 11.7. The minimum absolute atomic E-state index is 0.235. The van der Waals surface area contributed by atoms with Crippen molar-refractivity contribution in [2.45, 2.75) is 32.5 Å². The molecule has 0 bridgehead atoms. The summed E-state index contributed by atoms with van der Waals surface area (Å²) in [6.45, 7) is 6.39. The molecule has 1 aromatic rings. The highest BCUT2D eigenvalue weighted by molar-refractivity contribution is 6.70. The van der Waals surface area contributed by atoms with Gasteiger partial charge in [-0.3, -0.25) is 4.79 Å². The molecule has 0 atom stereocenters. The maximum absolute atomic E-state index is 11.7. The number of ketones is 1. The molecule has 2 nitrogen and oxygen atoms in total. The highest BCUT2D eigenvalue weighted by atomic mass is 28.4. The number of Topliss-reactive ketones (excluding diaryl/α,β-unsaturated/α-hetero) is 1. The first-order chi connectivity index (χ1) is 6.97. The molecule has 0 fully saturated rings. The molecular weight excluding hydrogens is 204 g/mol. The molecule has 1 aliphatic carbocycles. The van der Waals surface area contributed by atoms with E-state index in [2.05, 4.69) is 19.6 Å². The summed E-state index contributed by atoms with van der Waals surface area (Å²) in [5, 5.41) is 0. The topological polar surface area (TPSA) is 26.3 Å². The zero-order valence-electron chi connectivity index (χ0n) is 9.46. The SMILES string of the molecule is C[Si](C)(C)Oc1cccc2c1C(=O)CC2. The van der Waals surface area contributed by atoms with Crippen molar-refractivity contribution in [3.63, 3.8) is 0 Å². The summed E-state index contributed by atoms with van der Waals surface area (Å²) < 4.78 is 5.93. The van der Waals surface area contributed by atoms with E-state index in [1.807, 2.05) is 18.2 Å².